The quantitative estimate of drug-likeness (QED) is 0.474. The molecule has 0 unspecified atom stereocenters. The zero-order chi connectivity index (χ0) is 18.9. The lowest BCUT2D eigenvalue weighted by molar-refractivity contribution is 0.150. The summed E-state index contributed by atoms with van der Waals surface area (Å²) in [5.74, 6) is 0.940. The standard InChI is InChI=1S/C23H29ClN2O/c1-25-14-16-26(17-15-25)13-4-5-18-27-23-10-3-2-8-21(23)12-11-20-7-6-9-22(24)19-20/h2-3,6-12,19H,4-5,13-18H2,1H3. The maximum atomic E-state index is 6.05. The third kappa shape index (κ3) is 6.69. The Morgan fingerprint density at radius 1 is 0.963 bits per heavy atom. The maximum absolute atomic E-state index is 6.05. The van der Waals surface area contributed by atoms with E-state index < -0.39 is 0 Å². The molecule has 0 aliphatic carbocycles. The van der Waals surface area contributed by atoms with Gasteiger partial charge in [-0.1, -0.05) is 54.1 Å². The highest BCUT2D eigenvalue weighted by Crippen LogP contribution is 2.22. The van der Waals surface area contributed by atoms with E-state index in [9.17, 15) is 0 Å². The summed E-state index contributed by atoms with van der Waals surface area (Å²) >= 11 is 6.05. The van der Waals surface area contributed by atoms with Crippen LogP contribution in [0.4, 0.5) is 0 Å². The van der Waals surface area contributed by atoms with Crippen LogP contribution < -0.4 is 4.74 Å². The topological polar surface area (TPSA) is 15.7 Å². The third-order valence-electron chi connectivity index (χ3n) is 4.95. The van der Waals surface area contributed by atoms with Gasteiger partial charge in [0.2, 0.25) is 0 Å². The fourth-order valence-corrected chi connectivity index (χ4v) is 3.44. The van der Waals surface area contributed by atoms with E-state index >= 15 is 0 Å². The van der Waals surface area contributed by atoms with E-state index in [1.807, 2.05) is 42.5 Å². The van der Waals surface area contributed by atoms with Crippen molar-refractivity contribution in [1.82, 2.24) is 9.80 Å². The van der Waals surface area contributed by atoms with E-state index in [4.69, 9.17) is 16.3 Å². The molecule has 0 aromatic heterocycles. The number of likely N-dealkylation sites (N-methyl/N-ethyl adjacent to an activating group) is 1. The molecule has 27 heavy (non-hydrogen) atoms. The average molecular weight is 385 g/mol. The molecule has 0 N–H and O–H groups in total. The van der Waals surface area contributed by atoms with Gasteiger partial charge in [0.1, 0.15) is 5.75 Å². The molecule has 1 aliphatic rings. The first-order chi connectivity index (χ1) is 13.2. The molecule has 2 aromatic carbocycles. The fourth-order valence-electron chi connectivity index (χ4n) is 3.24. The highest BCUT2D eigenvalue weighted by atomic mass is 35.5. The summed E-state index contributed by atoms with van der Waals surface area (Å²) in [4.78, 5) is 4.95. The first kappa shape index (κ1) is 19.9. The largest absolute Gasteiger partial charge is 0.493 e. The van der Waals surface area contributed by atoms with Crippen LogP contribution in [0.2, 0.25) is 5.02 Å². The van der Waals surface area contributed by atoms with E-state index in [0.717, 1.165) is 34.9 Å². The Balaban J connectivity index is 1.45. The molecule has 2 aromatic rings. The van der Waals surface area contributed by atoms with E-state index in [1.165, 1.54) is 39.1 Å². The molecule has 1 heterocycles. The summed E-state index contributed by atoms with van der Waals surface area (Å²) in [5.41, 5.74) is 2.18. The molecule has 144 valence electrons. The zero-order valence-corrected chi connectivity index (χ0v) is 16.9. The van der Waals surface area contributed by atoms with Crippen molar-refractivity contribution >= 4 is 23.8 Å². The first-order valence-electron chi connectivity index (χ1n) is 9.77. The van der Waals surface area contributed by atoms with Gasteiger partial charge in [0, 0.05) is 36.8 Å². The zero-order valence-electron chi connectivity index (χ0n) is 16.1. The second kappa shape index (κ2) is 10.5. The maximum Gasteiger partial charge on any atom is 0.126 e. The minimum absolute atomic E-state index is 0.752. The van der Waals surface area contributed by atoms with Crippen molar-refractivity contribution in [3.63, 3.8) is 0 Å². The van der Waals surface area contributed by atoms with Gasteiger partial charge in [0.15, 0.2) is 0 Å². The minimum atomic E-state index is 0.752. The molecule has 0 amide bonds. The summed E-state index contributed by atoms with van der Waals surface area (Å²) < 4.78 is 6.05. The summed E-state index contributed by atoms with van der Waals surface area (Å²) in [7, 11) is 2.20. The number of hydrogen-bond donors (Lipinski definition) is 0. The van der Waals surface area contributed by atoms with Crippen molar-refractivity contribution in [2.24, 2.45) is 0 Å². The molecule has 3 rings (SSSR count). The summed E-state index contributed by atoms with van der Waals surface area (Å²) in [6.07, 6.45) is 6.43. The van der Waals surface area contributed by atoms with Gasteiger partial charge in [-0.25, -0.2) is 0 Å². The van der Waals surface area contributed by atoms with Crippen LogP contribution in [-0.4, -0.2) is 56.2 Å². The van der Waals surface area contributed by atoms with Crippen LogP contribution in [0.3, 0.4) is 0 Å². The van der Waals surface area contributed by atoms with Crippen LogP contribution in [0.25, 0.3) is 12.2 Å². The smallest absolute Gasteiger partial charge is 0.126 e. The molecule has 4 heteroatoms. The Morgan fingerprint density at radius 2 is 1.78 bits per heavy atom. The van der Waals surface area contributed by atoms with E-state index in [-0.39, 0.29) is 0 Å². The first-order valence-corrected chi connectivity index (χ1v) is 10.1. The van der Waals surface area contributed by atoms with E-state index in [0.29, 0.717) is 0 Å². The van der Waals surface area contributed by atoms with Crippen LogP contribution in [0, 0.1) is 0 Å². The van der Waals surface area contributed by atoms with Gasteiger partial charge < -0.3 is 14.5 Å². The highest BCUT2D eigenvalue weighted by molar-refractivity contribution is 6.30. The summed E-state index contributed by atoms with van der Waals surface area (Å²) in [6.45, 7) is 6.68. The van der Waals surface area contributed by atoms with Crippen molar-refractivity contribution in [1.29, 1.82) is 0 Å². The minimum Gasteiger partial charge on any atom is -0.493 e. The van der Waals surface area contributed by atoms with Gasteiger partial charge in [-0.05, 0) is 50.2 Å². The Labute approximate surface area is 168 Å². The van der Waals surface area contributed by atoms with Gasteiger partial charge >= 0.3 is 0 Å². The van der Waals surface area contributed by atoms with Gasteiger partial charge in [-0.3, -0.25) is 0 Å². The number of halogens is 1. The molecule has 0 radical (unpaired) electrons. The Kier molecular flexibility index (Phi) is 7.76. The van der Waals surface area contributed by atoms with Crippen molar-refractivity contribution in [2.45, 2.75) is 12.8 Å². The molecule has 1 aliphatic heterocycles. The number of nitrogens with zero attached hydrogens (tertiary/aromatic N) is 2. The van der Waals surface area contributed by atoms with E-state index in [1.54, 1.807) is 0 Å². The van der Waals surface area contributed by atoms with Crippen LogP contribution in [0.1, 0.15) is 24.0 Å². The van der Waals surface area contributed by atoms with Crippen molar-refractivity contribution < 1.29 is 4.74 Å². The molecule has 1 fully saturated rings. The predicted molar refractivity (Wildman–Crippen MR) is 115 cm³/mol. The lowest BCUT2D eigenvalue weighted by atomic mass is 10.1. The summed E-state index contributed by atoms with van der Waals surface area (Å²) in [5, 5.41) is 0.752. The number of rotatable bonds is 8. The number of para-hydroxylation sites is 1. The number of ether oxygens (including phenoxy) is 1. The second-order valence-electron chi connectivity index (χ2n) is 7.13. The Hall–Kier alpha value is -1.81. The fraction of sp³-hybridized carbons (Fsp3) is 0.391. The number of unbranched alkanes of at least 4 members (excludes halogenated alkanes) is 1. The molecule has 0 bridgehead atoms. The molecule has 0 atom stereocenters. The molecule has 1 saturated heterocycles. The number of benzene rings is 2. The van der Waals surface area contributed by atoms with Crippen LogP contribution in [0.5, 0.6) is 5.75 Å². The number of hydrogen-bond acceptors (Lipinski definition) is 3. The van der Waals surface area contributed by atoms with Gasteiger partial charge in [0.25, 0.3) is 0 Å². The highest BCUT2D eigenvalue weighted by Gasteiger charge is 2.12. The van der Waals surface area contributed by atoms with Crippen LogP contribution in [-0.2, 0) is 0 Å². The van der Waals surface area contributed by atoms with Crippen molar-refractivity contribution in [3.8, 4) is 5.75 Å². The predicted octanol–water partition coefficient (Wildman–Crippen LogP) is 4.92. The SMILES string of the molecule is CN1CCN(CCCCOc2ccccc2C=Cc2cccc(Cl)c2)CC1. The van der Waals surface area contributed by atoms with Crippen LogP contribution in [0.15, 0.2) is 48.5 Å². The monoisotopic (exact) mass is 384 g/mol. The molecular weight excluding hydrogens is 356 g/mol. The third-order valence-corrected chi connectivity index (χ3v) is 5.18. The molecule has 0 saturated carbocycles. The molecular formula is C23H29ClN2O. The van der Waals surface area contributed by atoms with Gasteiger partial charge in [-0.15, -0.1) is 0 Å². The number of piperazine rings is 1. The van der Waals surface area contributed by atoms with E-state index in [2.05, 4.69) is 35.1 Å². The van der Waals surface area contributed by atoms with Crippen molar-refractivity contribution in [3.05, 3.63) is 64.7 Å². The Bertz CT molecular complexity index is 739. The summed E-state index contributed by atoms with van der Waals surface area (Å²) in [6, 6.07) is 16.0. The molecule has 3 nitrogen and oxygen atoms in total. The van der Waals surface area contributed by atoms with Crippen molar-refractivity contribution in [2.75, 3.05) is 46.4 Å². The molecule has 0 spiro atoms. The second-order valence-corrected chi connectivity index (χ2v) is 7.56. The lowest BCUT2D eigenvalue weighted by Gasteiger charge is -2.32. The lowest BCUT2D eigenvalue weighted by Crippen LogP contribution is -2.44. The van der Waals surface area contributed by atoms with Gasteiger partial charge in [-0.2, -0.15) is 0 Å². The average Bonchev–Trinajstić information content (AvgIpc) is 2.68. The normalized spacial score (nSPS) is 16.1. The Morgan fingerprint density at radius 3 is 2.59 bits per heavy atom. The van der Waals surface area contributed by atoms with Gasteiger partial charge in [0.05, 0.1) is 6.61 Å². The van der Waals surface area contributed by atoms with Crippen LogP contribution >= 0.6 is 11.6 Å².